The van der Waals surface area contributed by atoms with Gasteiger partial charge in [-0.3, -0.25) is 9.69 Å². The van der Waals surface area contributed by atoms with Crippen molar-refractivity contribution in [3.05, 3.63) is 102 Å². The summed E-state index contributed by atoms with van der Waals surface area (Å²) in [7, 11) is 0. The van der Waals surface area contributed by atoms with Crippen LogP contribution >= 0.6 is 11.8 Å². The number of amides is 1. The maximum absolute atomic E-state index is 13.5. The first kappa shape index (κ1) is 25.3. The van der Waals surface area contributed by atoms with E-state index in [-0.39, 0.29) is 12.5 Å². The molecule has 0 atom stereocenters. The molecule has 8 heteroatoms. The van der Waals surface area contributed by atoms with Crippen molar-refractivity contribution in [2.24, 2.45) is 0 Å². The van der Waals surface area contributed by atoms with Gasteiger partial charge in [-0.05, 0) is 67.1 Å². The number of allylic oxidation sites excluding steroid dienone is 1. The average molecular weight is 545 g/mol. The maximum Gasteiger partial charge on any atom is 0.269 e. The van der Waals surface area contributed by atoms with Gasteiger partial charge in [-0.25, -0.2) is 4.98 Å². The molecule has 4 aromatic carbocycles. The van der Waals surface area contributed by atoms with Crippen molar-refractivity contribution >= 4 is 51.7 Å². The van der Waals surface area contributed by atoms with E-state index in [2.05, 4.69) is 16.0 Å². The molecule has 2 heterocycles. The summed E-state index contributed by atoms with van der Waals surface area (Å²) in [6.07, 6.45) is 1.74. The SMILES string of the molecule is CCOc1cc(/C=C(\C#N)c2nc3ccccc3[nH]2)ccc1OCC(=O)N1c2ccccc2Sc2ccccc21. The highest BCUT2D eigenvalue weighted by Gasteiger charge is 2.28. The van der Waals surface area contributed by atoms with Crippen LogP contribution in [0.25, 0.3) is 22.7 Å². The minimum Gasteiger partial charge on any atom is -0.490 e. The lowest BCUT2D eigenvalue weighted by Crippen LogP contribution is -2.32. The van der Waals surface area contributed by atoms with E-state index in [9.17, 15) is 10.1 Å². The molecule has 0 radical (unpaired) electrons. The van der Waals surface area contributed by atoms with Gasteiger partial charge in [-0.2, -0.15) is 5.26 Å². The number of aromatic nitrogens is 2. The topological polar surface area (TPSA) is 91.2 Å². The predicted octanol–water partition coefficient (Wildman–Crippen LogP) is 7.23. The molecule has 6 rings (SSSR count). The molecule has 1 aromatic heterocycles. The number of carbonyl (C=O) groups excluding carboxylic acids is 1. The molecule has 1 amide bonds. The lowest BCUT2D eigenvalue weighted by atomic mass is 10.1. The summed E-state index contributed by atoms with van der Waals surface area (Å²) in [6.45, 7) is 2.12. The van der Waals surface area contributed by atoms with Gasteiger partial charge in [0.05, 0.1) is 34.6 Å². The van der Waals surface area contributed by atoms with Crippen molar-refractivity contribution in [1.82, 2.24) is 9.97 Å². The molecule has 0 saturated heterocycles. The molecule has 0 spiro atoms. The third-order valence-corrected chi connectivity index (χ3v) is 7.51. The number of rotatable bonds is 7. The minimum absolute atomic E-state index is 0.176. The number of carbonyl (C=O) groups is 1. The molecular weight excluding hydrogens is 520 g/mol. The van der Waals surface area contributed by atoms with Gasteiger partial charge in [-0.15, -0.1) is 0 Å². The van der Waals surface area contributed by atoms with E-state index in [1.165, 1.54) is 0 Å². The summed E-state index contributed by atoms with van der Waals surface area (Å²) < 4.78 is 11.9. The molecule has 1 aliphatic rings. The number of aromatic amines is 1. The van der Waals surface area contributed by atoms with E-state index >= 15 is 0 Å². The summed E-state index contributed by atoms with van der Waals surface area (Å²) in [6, 6.07) is 30.9. The van der Waals surface area contributed by atoms with Gasteiger partial charge in [0.1, 0.15) is 11.9 Å². The summed E-state index contributed by atoms with van der Waals surface area (Å²) in [5.74, 6) is 1.24. The lowest BCUT2D eigenvalue weighted by molar-refractivity contribution is -0.119. The summed E-state index contributed by atoms with van der Waals surface area (Å²) in [5, 5.41) is 9.82. The largest absolute Gasteiger partial charge is 0.490 e. The smallest absolute Gasteiger partial charge is 0.269 e. The normalized spacial score (nSPS) is 12.4. The Balaban J connectivity index is 1.25. The molecule has 0 saturated carbocycles. The first-order chi connectivity index (χ1) is 19.6. The minimum atomic E-state index is -0.191. The highest BCUT2D eigenvalue weighted by Crippen LogP contribution is 2.48. The van der Waals surface area contributed by atoms with Crippen molar-refractivity contribution < 1.29 is 14.3 Å². The average Bonchev–Trinajstić information content (AvgIpc) is 3.42. The Labute approximate surface area is 235 Å². The zero-order chi connectivity index (χ0) is 27.5. The van der Waals surface area contributed by atoms with E-state index in [0.29, 0.717) is 29.5 Å². The van der Waals surface area contributed by atoms with Crippen LogP contribution in [-0.4, -0.2) is 29.1 Å². The maximum atomic E-state index is 13.5. The molecule has 0 fully saturated rings. The number of para-hydroxylation sites is 4. The van der Waals surface area contributed by atoms with Gasteiger partial charge in [0.15, 0.2) is 18.1 Å². The van der Waals surface area contributed by atoms with Gasteiger partial charge in [0, 0.05) is 9.79 Å². The summed E-state index contributed by atoms with van der Waals surface area (Å²) in [4.78, 5) is 25.0. The molecular formula is C32H24N4O3S. The lowest BCUT2D eigenvalue weighted by Gasteiger charge is -2.31. The van der Waals surface area contributed by atoms with Crippen LogP contribution in [0.2, 0.25) is 0 Å². The fraction of sp³-hybridized carbons (Fsp3) is 0.0938. The van der Waals surface area contributed by atoms with Crippen LogP contribution in [-0.2, 0) is 4.79 Å². The Kier molecular flexibility index (Phi) is 6.96. The van der Waals surface area contributed by atoms with Crippen molar-refractivity contribution in [2.75, 3.05) is 18.1 Å². The van der Waals surface area contributed by atoms with Crippen LogP contribution in [0.1, 0.15) is 18.3 Å². The molecule has 196 valence electrons. The number of benzene rings is 4. The Morgan fingerprint density at radius 3 is 2.35 bits per heavy atom. The third-order valence-electron chi connectivity index (χ3n) is 6.38. The number of anilines is 2. The zero-order valence-electron chi connectivity index (χ0n) is 21.6. The third kappa shape index (κ3) is 4.91. The van der Waals surface area contributed by atoms with Crippen molar-refractivity contribution in [3.63, 3.8) is 0 Å². The van der Waals surface area contributed by atoms with Crippen LogP contribution in [0, 0.1) is 11.3 Å². The van der Waals surface area contributed by atoms with Crippen LogP contribution in [0.5, 0.6) is 11.5 Å². The number of fused-ring (bicyclic) bond motifs is 3. The van der Waals surface area contributed by atoms with Gasteiger partial charge in [0.2, 0.25) is 0 Å². The van der Waals surface area contributed by atoms with E-state index in [0.717, 1.165) is 37.8 Å². The number of nitrogens with zero attached hydrogens (tertiary/aromatic N) is 3. The van der Waals surface area contributed by atoms with Crippen LogP contribution in [0.3, 0.4) is 0 Å². The van der Waals surface area contributed by atoms with E-state index in [1.807, 2.05) is 85.8 Å². The standard InChI is InChI=1S/C32H24N4O3S/c1-2-38-28-18-21(17-22(19-33)32-34-23-9-3-4-10-24(23)35-32)15-16-27(28)39-20-31(37)36-25-11-5-7-13-29(25)40-30-14-8-6-12-26(30)36/h3-18H,2,20H2,1H3,(H,34,35)/b22-17+. The number of imidazole rings is 1. The van der Waals surface area contributed by atoms with Gasteiger partial charge in [0.25, 0.3) is 5.91 Å². The number of H-pyrrole nitrogens is 1. The van der Waals surface area contributed by atoms with E-state index < -0.39 is 0 Å². The molecule has 7 nitrogen and oxygen atoms in total. The first-order valence-corrected chi connectivity index (χ1v) is 13.6. The second-order valence-corrected chi connectivity index (χ2v) is 10.1. The number of hydrogen-bond donors (Lipinski definition) is 1. The molecule has 1 N–H and O–H groups in total. The van der Waals surface area contributed by atoms with Crippen LogP contribution < -0.4 is 14.4 Å². The molecule has 40 heavy (non-hydrogen) atoms. The number of hydrogen-bond acceptors (Lipinski definition) is 6. The predicted molar refractivity (Wildman–Crippen MR) is 157 cm³/mol. The quantitative estimate of drug-likeness (QED) is 0.217. The zero-order valence-corrected chi connectivity index (χ0v) is 22.4. The van der Waals surface area contributed by atoms with E-state index in [4.69, 9.17) is 9.47 Å². The Morgan fingerprint density at radius 2 is 1.65 bits per heavy atom. The van der Waals surface area contributed by atoms with Crippen LogP contribution in [0.15, 0.2) is 101 Å². The second kappa shape index (κ2) is 11.0. The monoisotopic (exact) mass is 544 g/mol. The molecule has 0 unspecified atom stereocenters. The molecule has 0 bridgehead atoms. The highest BCUT2D eigenvalue weighted by atomic mass is 32.2. The first-order valence-electron chi connectivity index (χ1n) is 12.8. The van der Waals surface area contributed by atoms with Crippen molar-refractivity contribution in [2.45, 2.75) is 16.7 Å². The second-order valence-electron chi connectivity index (χ2n) is 8.97. The number of nitriles is 1. The summed E-state index contributed by atoms with van der Waals surface area (Å²) in [5.41, 5.74) is 4.46. The van der Waals surface area contributed by atoms with Crippen molar-refractivity contribution in [1.29, 1.82) is 5.26 Å². The van der Waals surface area contributed by atoms with E-state index in [1.54, 1.807) is 34.9 Å². The number of ether oxygens (including phenoxy) is 2. The van der Waals surface area contributed by atoms with Gasteiger partial charge >= 0.3 is 0 Å². The van der Waals surface area contributed by atoms with Gasteiger partial charge < -0.3 is 14.5 Å². The van der Waals surface area contributed by atoms with Gasteiger partial charge in [-0.1, -0.05) is 54.2 Å². The molecule has 0 aliphatic carbocycles. The fourth-order valence-corrected chi connectivity index (χ4v) is 5.64. The number of nitrogens with one attached hydrogen (secondary N) is 1. The summed E-state index contributed by atoms with van der Waals surface area (Å²) >= 11 is 1.64. The Bertz CT molecular complexity index is 1730. The molecule has 1 aliphatic heterocycles. The Morgan fingerprint density at radius 1 is 0.950 bits per heavy atom. The fourth-order valence-electron chi connectivity index (χ4n) is 4.58. The van der Waals surface area contributed by atoms with Crippen LogP contribution in [0.4, 0.5) is 11.4 Å². The molecule has 5 aromatic rings. The van der Waals surface area contributed by atoms with Crippen molar-refractivity contribution in [3.8, 4) is 17.6 Å². The highest BCUT2D eigenvalue weighted by molar-refractivity contribution is 7.99. The Hall–Kier alpha value is -5.00.